The van der Waals surface area contributed by atoms with Crippen LogP contribution < -0.4 is 10.6 Å². The molecule has 6 heteroatoms. The fraction of sp³-hybridized carbons (Fsp3) is 0.571. The minimum atomic E-state index is -0.232. The molecule has 0 radical (unpaired) electrons. The fourth-order valence-corrected chi connectivity index (χ4v) is 2.22. The third-order valence-corrected chi connectivity index (χ3v) is 3.43. The van der Waals surface area contributed by atoms with Gasteiger partial charge in [0, 0.05) is 38.4 Å². The second-order valence-electron chi connectivity index (χ2n) is 4.91. The molecule has 1 aromatic heterocycles. The molecule has 1 atom stereocenters. The lowest BCUT2D eigenvalue weighted by Crippen LogP contribution is -2.49. The Labute approximate surface area is 119 Å². The summed E-state index contributed by atoms with van der Waals surface area (Å²) in [5.74, 6) is 0.920. The molecule has 1 aliphatic heterocycles. The number of nitrogens with two attached hydrogens (primary N) is 1. The summed E-state index contributed by atoms with van der Waals surface area (Å²) < 4.78 is 5.01. The first-order valence-corrected chi connectivity index (χ1v) is 7.00. The number of aromatic nitrogens is 1. The van der Waals surface area contributed by atoms with E-state index >= 15 is 0 Å². The Hall–Kier alpha value is -1.82. The van der Waals surface area contributed by atoms with Gasteiger partial charge in [0.2, 0.25) is 0 Å². The van der Waals surface area contributed by atoms with Crippen molar-refractivity contribution >= 4 is 11.9 Å². The molecule has 2 N–H and O–H groups in total. The number of ether oxygens (including phenoxy) is 1. The van der Waals surface area contributed by atoms with Gasteiger partial charge >= 0.3 is 6.09 Å². The Balaban J connectivity index is 1.97. The molecule has 1 aromatic rings. The van der Waals surface area contributed by atoms with E-state index in [1.54, 1.807) is 11.1 Å². The quantitative estimate of drug-likeness (QED) is 0.904. The Morgan fingerprint density at radius 1 is 1.45 bits per heavy atom. The van der Waals surface area contributed by atoms with E-state index in [1.165, 1.54) is 0 Å². The molecule has 0 aromatic carbocycles. The maximum atomic E-state index is 11.6. The molecule has 0 spiro atoms. The molecule has 1 aliphatic rings. The van der Waals surface area contributed by atoms with Crippen LogP contribution in [0.3, 0.4) is 0 Å². The summed E-state index contributed by atoms with van der Waals surface area (Å²) in [6, 6.07) is 3.95. The second-order valence-corrected chi connectivity index (χ2v) is 4.91. The maximum absolute atomic E-state index is 11.6. The number of hydrogen-bond donors (Lipinski definition) is 1. The van der Waals surface area contributed by atoms with E-state index in [4.69, 9.17) is 10.5 Å². The van der Waals surface area contributed by atoms with Gasteiger partial charge in [0.25, 0.3) is 0 Å². The first kappa shape index (κ1) is 14.6. The highest BCUT2D eigenvalue weighted by atomic mass is 16.6. The molecule has 1 amide bonds. The topological polar surface area (TPSA) is 71.7 Å². The van der Waals surface area contributed by atoms with Crippen molar-refractivity contribution in [1.82, 2.24) is 9.88 Å². The number of carbonyl (C=O) groups is 1. The molecule has 1 fully saturated rings. The number of rotatable bonds is 3. The number of pyridine rings is 1. The van der Waals surface area contributed by atoms with Crippen LogP contribution in [0.5, 0.6) is 0 Å². The largest absolute Gasteiger partial charge is 0.450 e. The monoisotopic (exact) mass is 278 g/mol. The van der Waals surface area contributed by atoms with Gasteiger partial charge in [-0.05, 0) is 31.5 Å². The molecule has 0 saturated carbocycles. The first-order chi connectivity index (χ1) is 9.61. The van der Waals surface area contributed by atoms with E-state index < -0.39 is 0 Å². The van der Waals surface area contributed by atoms with E-state index in [1.807, 2.05) is 26.0 Å². The van der Waals surface area contributed by atoms with Crippen LogP contribution in [0.2, 0.25) is 0 Å². The Bertz CT molecular complexity index is 456. The summed E-state index contributed by atoms with van der Waals surface area (Å²) in [6.45, 7) is 7.01. The van der Waals surface area contributed by atoms with Crippen molar-refractivity contribution in [3.63, 3.8) is 0 Å². The summed E-state index contributed by atoms with van der Waals surface area (Å²) >= 11 is 0. The molecular formula is C14H22N4O2. The van der Waals surface area contributed by atoms with Crippen LogP contribution in [-0.4, -0.2) is 48.8 Å². The van der Waals surface area contributed by atoms with Crippen molar-refractivity contribution in [2.45, 2.75) is 19.9 Å². The summed E-state index contributed by atoms with van der Waals surface area (Å²) in [6.07, 6.45) is 1.55. The third kappa shape index (κ3) is 3.39. The summed E-state index contributed by atoms with van der Waals surface area (Å²) in [5.41, 5.74) is 6.96. The molecule has 110 valence electrons. The van der Waals surface area contributed by atoms with Crippen molar-refractivity contribution in [3.8, 4) is 0 Å². The average molecular weight is 278 g/mol. The van der Waals surface area contributed by atoms with Crippen LogP contribution in [0.25, 0.3) is 0 Å². The summed E-state index contributed by atoms with van der Waals surface area (Å²) in [7, 11) is 0. The van der Waals surface area contributed by atoms with Crippen molar-refractivity contribution in [2.24, 2.45) is 5.73 Å². The Morgan fingerprint density at radius 3 is 2.75 bits per heavy atom. The zero-order valence-electron chi connectivity index (χ0n) is 12.1. The van der Waals surface area contributed by atoms with Gasteiger partial charge in [-0.25, -0.2) is 9.78 Å². The number of amides is 1. The molecule has 2 heterocycles. The van der Waals surface area contributed by atoms with Gasteiger partial charge < -0.3 is 20.3 Å². The van der Waals surface area contributed by atoms with Crippen LogP contribution in [0, 0.1) is 0 Å². The van der Waals surface area contributed by atoms with Gasteiger partial charge in [0.15, 0.2) is 0 Å². The zero-order valence-corrected chi connectivity index (χ0v) is 12.1. The lowest BCUT2D eigenvalue weighted by molar-refractivity contribution is 0.105. The van der Waals surface area contributed by atoms with Crippen molar-refractivity contribution in [2.75, 3.05) is 37.7 Å². The number of nitrogens with zero attached hydrogens (tertiary/aromatic N) is 3. The summed E-state index contributed by atoms with van der Waals surface area (Å²) in [5, 5.41) is 0. The lowest BCUT2D eigenvalue weighted by Gasteiger charge is -2.34. The molecule has 20 heavy (non-hydrogen) atoms. The molecule has 1 unspecified atom stereocenters. The highest BCUT2D eigenvalue weighted by molar-refractivity contribution is 5.68. The van der Waals surface area contributed by atoms with E-state index in [9.17, 15) is 4.79 Å². The number of anilines is 1. The fourth-order valence-electron chi connectivity index (χ4n) is 2.22. The van der Waals surface area contributed by atoms with Crippen LogP contribution in [-0.2, 0) is 4.74 Å². The normalized spacial score (nSPS) is 16.9. The first-order valence-electron chi connectivity index (χ1n) is 7.00. The zero-order chi connectivity index (χ0) is 14.5. The standard InChI is InChI=1S/C14H22N4O2/c1-3-20-14(19)18-8-6-17(7-9-18)13-10-12(11(2)15)4-5-16-13/h4-5,10-11H,3,6-9,15H2,1-2H3. The number of hydrogen-bond acceptors (Lipinski definition) is 5. The average Bonchev–Trinajstić information content (AvgIpc) is 2.48. The van der Waals surface area contributed by atoms with Gasteiger partial charge in [-0.15, -0.1) is 0 Å². The molecular weight excluding hydrogens is 256 g/mol. The second kappa shape index (κ2) is 6.56. The molecule has 2 rings (SSSR count). The lowest BCUT2D eigenvalue weighted by atomic mass is 10.1. The predicted octanol–water partition coefficient (Wildman–Crippen LogP) is 1.38. The molecule has 6 nitrogen and oxygen atoms in total. The third-order valence-electron chi connectivity index (χ3n) is 3.43. The van der Waals surface area contributed by atoms with E-state index in [-0.39, 0.29) is 12.1 Å². The Morgan fingerprint density at radius 2 is 2.15 bits per heavy atom. The summed E-state index contributed by atoms with van der Waals surface area (Å²) in [4.78, 5) is 19.9. The van der Waals surface area contributed by atoms with Crippen LogP contribution in [0.1, 0.15) is 25.5 Å². The molecule has 0 aliphatic carbocycles. The minimum absolute atomic E-state index is 0.00225. The van der Waals surface area contributed by atoms with E-state index in [2.05, 4.69) is 9.88 Å². The molecule has 1 saturated heterocycles. The van der Waals surface area contributed by atoms with Crippen molar-refractivity contribution in [1.29, 1.82) is 0 Å². The van der Waals surface area contributed by atoms with Crippen molar-refractivity contribution in [3.05, 3.63) is 23.9 Å². The van der Waals surface area contributed by atoms with Crippen LogP contribution >= 0.6 is 0 Å². The van der Waals surface area contributed by atoms with Crippen molar-refractivity contribution < 1.29 is 9.53 Å². The maximum Gasteiger partial charge on any atom is 0.409 e. The molecule has 0 bridgehead atoms. The van der Waals surface area contributed by atoms with Crippen LogP contribution in [0.15, 0.2) is 18.3 Å². The highest BCUT2D eigenvalue weighted by Crippen LogP contribution is 2.18. The number of piperazine rings is 1. The Kier molecular flexibility index (Phi) is 4.79. The van der Waals surface area contributed by atoms with Crippen LogP contribution in [0.4, 0.5) is 10.6 Å². The van der Waals surface area contributed by atoms with Gasteiger partial charge in [0.1, 0.15) is 5.82 Å². The van der Waals surface area contributed by atoms with Gasteiger partial charge in [-0.2, -0.15) is 0 Å². The van der Waals surface area contributed by atoms with Gasteiger partial charge in [-0.1, -0.05) is 0 Å². The minimum Gasteiger partial charge on any atom is -0.450 e. The van der Waals surface area contributed by atoms with E-state index in [0.29, 0.717) is 19.7 Å². The number of carbonyl (C=O) groups excluding carboxylic acids is 1. The highest BCUT2D eigenvalue weighted by Gasteiger charge is 2.22. The van der Waals surface area contributed by atoms with Gasteiger partial charge in [-0.3, -0.25) is 0 Å². The predicted molar refractivity (Wildman–Crippen MR) is 77.6 cm³/mol. The van der Waals surface area contributed by atoms with Gasteiger partial charge in [0.05, 0.1) is 6.61 Å². The smallest absolute Gasteiger partial charge is 0.409 e. The van der Waals surface area contributed by atoms with E-state index in [0.717, 1.165) is 24.5 Å². The SMILES string of the molecule is CCOC(=O)N1CCN(c2cc(C(C)N)ccn2)CC1.